The lowest BCUT2D eigenvalue weighted by Crippen LogP contribution is -2.65. The first-order chi connectivity index (χ1) is 46.7. The molecule has 0 amide bonds. The third-order valence-electron chi connectivity index (χ3n) is 22.9. The van der Waals surface area contributed by atoms with Gasteiger partial charge in [0.15, 0.2) is 0 Å². The Morgan fingerprint density at radius 2 is 0.649 bits per heavy atom. The van der Waals surface area contributed by atoms with E-state index in [-0.39, 0.29) is 13.4 Å². The number of rotatable bonds is 9. The van der Waals surface area contributed by atoms with Crippen LogP contribution in [0.1, 0.15) is 19.3 Å². The van der Waals surface area contributed by atoms with Crippen molar-refractivity contribution in [2.45, 2.75) is 31.3 Å². The molecule has 5 fully saturated rings. The van der Waals surface area contributed by atoms with Crippen LogP contribution in [0.25, 0.3) is 44.5 Å². The average Bonchev–Trinajstić information content (AvgIpc) is 0.772. The lowest BCUT2D eigenvalue weighted by Gasteiger charge is -2.51. The first-order valence-corrected chi connectivity index (χ1v) is 33.9. The van der Waals surface area contributed by atoms with Crippen LogP contribution in [-0.2, 0) is 0 Å². The topological polar surface area (TPSA) is 16.2 Å². The van der Waals surface area contributed by atoms with E-state index >= 15 is 0 Å². The Balaban J connectivity index is 0.885. The van der Waals surface area contributed by atoms with E-state index in [1.54, 1.807) is 0 Å². The Bertz CT molecular complexity index is 5110. The monoisotopic (exact) mass is 1200 g/mol. The summed E-state index contributed by atoms with van der Waals surface area (Å²) in [4.78, 5) is 13.6. The van der Waals surface area contributed by atoms with Gasteiger partial charge in [0.05, 0.1) is 11.4 Å². The quantitative estimate of drug-likeness (QED) is 0.134. The van der Waals surface area contributed by atoms with Crippen LogP contribution in [0.4, 0.5) is 73.9 Å². The van der Waals surface area contributed by atoms with Crippen LogP contribution in [0.3, 0.4) is 0 Å². The summed E-state index contributed by atoms with van der Waals surface area (Å²) in [5.74, 6) is 3.48. The normalized spacial score (nSPS) is 19.9. The molecule has 6 heterocycles. The fourth-order valence-electron chi connectivity index (χ4n) is 19.4. The van der Waals surface area contributed by atoms with Gasteiger partial charge in [-0.05, 0) is 165 Å². The minimum Gasteiger partial charge on any atom is -0.365 e. The Hall–Kier alpha value is -11.0. The third kappa shape index (κ3) is 7.49. The molecule has 13 aromatic rings. The third-order valence-corrected chi connectivity index (χ3v) is 22.9. The minimum absolute atomic E-state index is 0.128. The molecule has 3 aliphatic carbocycles. The molecule has 3 saturated carbocycles. The zero-order valence-corrected chi connectivity index (χ0v) is 51.9. The Morgan fingerprint density at radius 1 is 0.266 bits per heavy atom. The maximum Gasteiger partial charge on any atom is 0.252 e. The summed E-state index contributed by atoms with van der Waals surface area (Å²) in [5.41, 5.74) is 33.0. The van der Waals surface area contributed by atoms with E-state index in [0.717, 1.165) is 29.4 Å². The number of hydrogen-bond donors (Lipinski definition) is 0. The van der Waals surface area contributed by atoms with E-state index in [1.807, 2.05) is 0 Å². The second-order valence-corrected chi connectivity index (χ2v) is 27.4. The molecule has 0 N–H and O–H groups in total. The van der Waals surface area contributed by atoms with Crippen molar-refractivity contribution in [2.24, 2.45) is 23.7 Å². The molecule has 9 aliphatic rings. The number of benzene rings is 13. The van der Waals surface area contributed by atoms with Gasteiger partial charge in [0.1, 0.15) is 0 Å². The molecule has 5 nitrogen and oxygen atoms in total. The number of nitrogens with zero attached hydrogens (tertiary/aromatic N) is 5. The molecule has 0 aromatic heterocycles. The average molecular weight is 1200 g/mol. The van der Waals surface area contributed by atoms with Gasteiger partial charge in [-0.2, -0.15) is 0 Å². The van der Waals surface area contributed by atoms with Gasteiger partial charge in [-0.1, -0.05) is 243 Å². The van der Waals surface area contributed by atoms with E-state index in [4.69, 9.17) is 0 Å². The fraction of sp³-hybridized carbons (Fsp3) is 0.103. The SMILES string of the molecule is c1ccc(-c2cccc(-c3ccccc3)c2N2c3ccccc3B3c4cc5c(cc4N(c4ccccc4)c4cccc2c43)N(c2c(-c3ccccc3)cccc2-c2ccccc2)c2cc(N3C4CC6CC3C3C(C4)C63)cc3c2B5c2ccccc2N3c2ccccc2)cc1. The molecule has 6 unspecified atom stereocenters. The summed E-state index contributed by atoms with van der Waals surface area (Å²) in [6.07, 6.45) is 3.92. The highest BCUT2D eigenvalue weighted by Crippen LogP contribution is 2.72. The second kappa shape index (κ2) is 20.2. The number of piperidine rings is 2. The second-order valence-electron chi connectivity index (χ2n) is 27.4. The van der Waals surface area contributed by atoms with Crippen LogP contribution < -0.4 is 57.3 Å². The van der Waals surface area contributed by atoms with Gasteiger partial charge in [0, 0.05) is 96.9 Å². The zero-order chi connectivity index (χ0) is 61.3. The first-order valence-electron chi connectivity index (χ1n) is 33.9. The highest BCUT2D eigenvalue weighted by atomic mass is 15.3. The number of fused-ring (bicyclic) bond motifs is 8. The molecular formula is C87H63B2N5. The molecule has 442 valence electrons. The molecule has 2 saturated heterocycles. The van der Waals surface area contributed by atoms with Gasteiger partial charge in [-0.25, -0.2) is 0 Å². The van der Waals surface area contributed by atoms with Crippen molar-refractivity contribution in [3.63, 3.8) is 0 Å². The molecular weight excluding hydrogens is 1140 g/mol. The van der Waals surface area contributed by atoms with Crippen molar-refractivity contribution in [1.82, 2.24) is 0 Å². The fourth-order valence-corrected chi connectivity index (χ4v) is 19.4. The number of para-hydroxylation sites is 6. The molecule has 6 atom stereocenters. The zero-order valence-electron chi connectivity index (χ0n) is 51.9. The standard InChI is InChI=1S/C87H63B2N5/c1-7-26-55(27-8-1)64-38-23-39-65(56-28-9-2-10-29-56)86(64)93-74-45-22-20-43-70(74)88-71-53-72-78(54-77(71)92(61-36-17-6-18-37-61)75-46-25-47-76(93)84(75)88)94(87-66(57-30-11-3-12-31-57)40-24-41-67(87)58-32-13-4-14-33-58)81-52-63(90-62-48-59-49-79(90)83-68(50-62)82(59)83)51-80-85(81)89(72)69-42-19-21-44-73(69)91(80)60-34-15-5-16-35-60/h1-47,51-54,59,62,68,79,82-83H,48-50H2. The van der Waals surface area contributed by atoms with Crippen LogP contribution in [0.15, 0.2) is 309 Å². The van der Waals surface area contributed by atoms with Crippen molar-refractivity contribution in [2.75, 3.05) is 24.5 Å². The molecule has 7 heteroatoms. The van der Waals surface area contributed by atoms with Crippen molar-refractivity contribution < 1.29 is 0 Å². The van der Waals surface area contributed by atoms with Gasteiger partial charge in [0.25, 0.3) is 13.4 Å². The molecule has 94 heavy (non-hydrogen) atoms. The Kier molecular flexibility index (Phi) is 11.3. The maximum absolute atomic E-state index is 2.97. The first kappa shape index (κ1) is 52.6. The van der Waals surface area contributed by atoms with Gasteiger partial charge < -0.3 is 24.5 Å². The van der Waals surface area contributed by atoms with Crippen LogP contribution >= 0.6 is 0 Å². The summed E-state index contributed by atoms with van der Waals surface area (Å²) in [5, 5.41) is 0. The van der Waals surface area contributed by atoms with E-state index in [1.165, 1.54) is 165 Å². The van der Waals surface area contributed by atoms with Crippen molar-refractivity contribution in [1.29, 1.82) is 0 Å². The van der Waals surface area contributed by atoms with Crippen molar-refractivity contribution in [3.05, 3.63) is 309 Å². The predicted octanol–water partition coefficient (Wildman–Crippen LogP) is 17.8. The van der Waals surface area contributed by atoms with Crippen molar-refractivity contribution in [3.8, 4) is 44.5 Å². The van der Waals surface area contributed by atoms with E-state index in [0.29, 0.717) is 12.1 Å². The lowest BCUT2D eigenvalue weighted by molar-refractivity contribution is 0.210. The Labute approximate surface area is 550 Å². The summed E-state index contributed by atoms with van der Waals surface area (Å²) in [6, 6.07) is 118. The molecule has 22 rings (SSSR count). The van der Waals surface area contributed by atoms with Crippen LogP contribution in [0.2, 0.25) is 0 Å². The smallest absolute Gasteiger partial charge is 0.252 e. The summed E-state index contributed by atoms with van der Waals surface area (Å²) in [6.45, 7) is -0.264. The van der Waals surface area contributed by atoms with Crippen LogP contribution in [0, 0.1) is 23.7 Å². The van der Waals surface area contributed by atoms with Gasteiger partial charge in [0.2, 0.25) is 0 Å². The summed E-state index contributed by atoms with van der Waals surface area (Å²) >= 11 is 0. The number of anilines is 13. The van der Waals surface area contributed by atoms with Crippen LogP contribution in [-0.4, -0.2) is 25.5 Å². The largest absolute Gasteiger partial charge is 0.365 e. The molecule has 0 radical (unpaired) electrons. The molecule has 0 spiro atoms. The maximum atomic E-state index is 2.97. The molecule has 4 bridgehead atoms. The van der Waals surface area contributed by atoms with Gasteiger partial charge in [-0.15, -0.1) is 0 Å². The predicted molar refractivity (Wildman–Crippen MR) is 394 cm³/mol. The van der Waals surface area contributed by atoms with E-state index in [2.05, 4.69) is 334 Å². The Morgan fingerprint density at radius 3 is 1.15 bits per heavy atom. The van der Waals surface area contributed by atoms with E-state index < -0.39 is 0 Å². The molecule has 6 aliphatic heterocycles. The van der Waals surface area contributed by atoms with Gasteiger partial charge in [-0.3, -0.25) is 0 Å². The highest BCUT2D eigenvalue weighted by molar-refractivity contribution is 7.03. The molecule has 13 aromatic carbocycles. The van der Waals surface area contributed by atoms with Crippen molar-refractivity contribution >= 4 is 120 Å². The highest BCUT2D eigenvalue weighted by Gasteiger charge is 2.71. The lowest BCUT2D eigenvalue weighted by atomic mass is 9.30. The van der Waals surface area contributed by atoms with Gasteiger partial charge >= 0.3 is 0 Å². The summed E-state index contributed by atoms with van der Waals surface area (Å²) in [7, 11) is 0. The van der Waals surface area contributed by atoms with E-state index in [9.17, 15) is 0 Å². The minimum atomic E-state index is -0.136. The summed E-state index contributed by atoms with van der Waals surface area (Å²) < 4.78 is 0. The van der Waals surface area contributed by atoms with Crippen LogP contribution in [0.5, 0.6) is 0 Å². The number of hydrogen-bond acceptors (Lipinski definition) is 5.